The third-order valence-corrected chi connectivity index (χ3v) is 10.4. The van der Waals surface area contributed by atoms with Crippen molar-refractivity contribution in [2.45, 2.75) is 29.0 Å². The predicted octanol–water partition coefficient (Wildman–Crippen LogP) is 2.39. The molecule has 2 aromatic rings. The lowest BCUT2D eigenvalue weighted by molar-refractivity contribution is -0.142. The number of carbonyl (C=O) groups excluding carboxylic acids is 2. The molecule has 1 aromatic carbocycles. The highest BCUT2D eigenvalue weighted by Gasteiger charge is 2.69. The van der Waals surface area contributed by atoms with E-state index in [0.717, 1.165) is 27.6 Å². The van der Waals surface area contributed by atoms with Gasteiger partial charge in [-0.2, -0.15) is 0 Å². The summed E-state index contributed by atoms with van der Waals surface area (Å²) in [5.74, 6) is -1.32. The molecule has 4 aliphatic rings. The number of amides is 2. The first-order chi connectivity index (χ1) is 15.9. The predicted molar refractivity (Wildman–Crippen MR) is 120 cm³/mol. The second-order valence-electron chi connectivity index (χ2n) is 9.21. The van der Waals surface area contributed by atoms with Crippen molar-refractivity contribution in [2.24, 2.45) is 29.6 Å². The van der Waals surface area contributed by atoms with Crippen molar-refractivity contribution in [3.05, 3.63) is 44.4 Å². The number of aromatic nitrogens is 1. The molecule has 6 rings (SSSR count). The van der Waals surface area contributed by atoms with Crippen molar-refractivity contribution < 1.29 is 24.2 Å². The van der Waals surface area contributed by atoms with Gasteiger partial charge >= 0.3 is 10.8 Å². The van der Waals surface area contributed by atoms with Gasteiger partial charge in [-0.05, 0) is 41.9 Å². The van der Waals surface area contributed by atoms with Gasteiger partial charge in [0.2, 0.25) is 11.8 Å². The fourth-order valence-electron chi connectivity index (χ4n) is 6.69. The highest BCUT2D eigenvalue weighted by molar-refractivity contribution is 8.00. The van der Waals surface area contributed by atoms with Crippen LogP contribution in [0.1, 0.15) is 29.2 Å². The smallest absolute Gasteiger partial charge is 0.305 e. The van der Waals surface area contributed by atoms with Gasteiger partial charge in [-0.3, -0.25) is 24.1 Å². The number of carbonyl (C=O) groups is 3. The first-order valence-corrected chi connectivity index (χ1v) is 12.7. The van der Waals surface area contributed by atoms with Crippen LogP contribution in [0.3, 0.4) is 0 Å². The quantitative estimate of drug-likeness (QED) is 0.623. The maximum absolute atomic E-state index is 13.3. The molecule has 7 atom stereocenters. The Labute approximate surface area is 197 Å². The second-order valence-corrected chi connectivity index (χ2v) is 11.4. The first-order valence-electron chi connectivity index (χ1n) is 11.0. The maximum Gasteiger partial charge on any atom is 0.305 e. The zero-order valence-corrected chi connectivity index (χ0v) is 19.4. The van der Waals surface area contributed by atoms with E-state index in [1.165, 1.54) is 16.2 Å². The van der Waals surface area contributed by atoms with Crippen LogP contribution in [0.4, 0.5) is 0 Å². The van der Waals surface area contributed by atoms with E-state index in [0.29, 0.717) is 0 Å². The molecule has 2 bridgehead atoms. The summed E-state index contributed by atoms with van der Waals surface area (Å²) in [5.41, 5.74) is 1.08. The Hall–Kier alpha value is -2.59. The SMILES string of the molecule is COc1ccc([C@H]2c3sc(=O)[nH]c3S[C@H]3[C@@H]4C[C@H]([C@H]5C(=O)N(CCC(=O)O)C(=O)[C@H]45)[C@H]23)cc1. The van der Waals surface area contributed by atoms with Crippen LogP contribution < -0.4 is 9.61 Å². The van der Waals surface area contributed by atoms with Crippen LogP contribution in [-0.4, -0.2) is 51.7 Å². The molecule has 172 valence electrons. The summed E-state index contributed by atoms with van der Waals surface area (Å²) in [6.45, 7) is -0.0650. The summed E-state index contributed by atoms with van der Waals surface area (Å²) < 4.78 is 5.31. The summed E-state index contributed by atoms with van der Waals surface area (Å²) in [7, 11) is 1.62. The molecule has 3 fully saturated rings. The van der Waals surface area contributed by atoms with Gasteiger partial charge in [-0.15, -0.1) is 11.8 Å². The first kappa shape index (κ1) is 21.0. The monoisotopic (exact) mass is 486 g/mol. The molecule has 2 aliphatic carbocycles. The summed E-state index contributed by atoms with van der Waals surface area (Å²) in [6, 6.07) is 7.87. The number of methoxy groups -OCH3 is 1. The lowest BCUT2D eigenvalue weighted by Gasteiger charge is -2.43. The van der Waals surface area contributed by atoms with Crippen molar-refractivity contribution in [2.75, 3.05) is 13.7 Å². The second kappa shape index (κ2) is 7.46. The number of carboxylic acid groups (broad SMARTS) is 1. The van der Waals surface area contributed by atoms with Crippen LogP contribution in [0.5, 0.6) is 5.75 Å². The van der Waals surface area contributed by atoms with Crippen LogP contribution in [0.2, 0.25) is 0 Å². The number of hydrogen-bond donors (Lipinski definition) is 2. The minimum atomic E-state index is -1.02. The molecule has 10 heteroatoms. The van der Waals surface area contributed by atoms with E-state index in [1.807, 2.05) is 24.3 Å². The number of H-pyrrole nitrogens is 1. The van der Waals surface area contributed by atoms with E-state index in [9.17, 15) is 19.2 Å². The molecule has 0 unspecified atom stereocenters. The average Bonchev–Trinajstić information content (AvgIpc) is 3.52. The number of aliphatic carboxylic acids is 1. The van der Waals surface area contributed by atoms with E-state index in [1.54, 1.807) is 18.9 Å². The van der Waals surface area contributed by atoms with E-state index in [2.05, 4.69) is 4.98 Å². The molecule has 2 aliphatic heterocycles. The van der Waals surface area contributed by atoms with E-state index in [4.69, 9.17) is 9.84 Å². The summed E-state index contributed by atoms with van der Waals surface area (Å²) in [5, 5.41) is 10.0. The van der Waals surface area contributed by atoms with Crippen LogP contribution in [0.25, 0.3) is 0 Å². The lowest BCUT2D eigenvalue weighted by atomic mass is 9.68. The minimum Gasteiger partial charge on any atom is -0.497 e. The zero-order valence-electron chi connectivity index (χ0n) is 17.7. The van der Waals surface area contributed by atoms with E-state index < -0.39 is 11.9 Å². The van der Waals surface area contributed by atoms with E-state index in [-0.39, 0.29) is 64.5 Å². The minimum absolute atomic E-state index is 0.0289. The van der Waals surface area contributed by atoms with Crippen LogP contribution >= 0.6 is 23.1 Å². The van der Waals surface area contributed by atoms with Crippen molar-refractivity contribution in [1.29, 1.82) is 0 Å². The fourth-order valence-corrected chi connectivity index (χ4v) is 9.58. The number of hydrogen-bond acceptors (Lipinski definition) is 7. The van der Waals surface area contributed by atoms with Gasteiger partial charge in [0.15, 0.2) is 0 Å². The van der Waals surface area contributed by atoms with Gasteiger partial charge in [-0.1, -0.05) is 23.5 Å². The zero-order chi connectivity index (χ0) is 23.0. The Morgan fingerprint density at radius 2 is 1.85 bits per heavy atom. The molecule has 1 aromatic heterocycles. The number of imide groups is 1. The molecule has 33 heavy (non-hydrogen) atoms. The fraction of sp³-hybridized carbons (Fsp3) is 0.478. The number of ether oxygens (including phenoxy) is 1. The summed E-state index contributed by atoms with van der Waals surface area (Å²) >= 11 is 2.87. The highest BCUT2D eigenvalue weighted by Crippen LogP contribution is 2.68. The third kappa shape index (κ3) is 2.96. The molecule has 0 spiro atoms. The summed E-state index contributed by atoms with van der Waals surface area (Å²) in [6.07, 6.45) is 0.578. The molecular weight excluding hydrogens is 464 g/mol. The van der Waals surface area contributed by atoms with Gasteiger partial charge in [0.05, 0.1) is 30.4 Å². The van der Waals surface area contributed by atoms with Crippen LogP contribution in [0, 0.1) is 29.6 Å². The van der Waals surface area contributed by atoms with Crippen molar-refractivity contribution >= 4 is 40.9 Å². The number of aromatic amines is 1. The Balaban J connectivity index is 1.40. The molecule has 3 heterocycles. The Morgan fingerprint density at radius 1 is 1.15 bits per heavy atom. The molecule has 8 nitrogen and oxygen atoms in total. The number of thioether (sulfide) groups is 1. The van der Waals surface area contributed by atoms with Crippen LogP contribution in [0.15, 0.2) is 34.1 Å². The summed E-state index contributed by atoms with van der Waals surface area (Å²) in [4.78, 5) is 54.9. The van der Waals surface area contributed by atoms with E-state index >= 15 is 0 Å². The van der Waals surface area contributed by atoms with Gasteiger partial charge < -0.3 is 14.8 Å². The number of benzene rings is 1. The molecule has 1 saturated heterocycles. The average molecular weight is 487 g/mol. The lowest BCUT2D eigenvalue weighted by Crippen LogP contribution is -2.42. The van der Waals surface area contributed by atoms with Crippen molar-refractivity contribution in [1.82, 2.24) is 9.88 Å². The van der Waals surface area contributed by atoms with Gasteiger partial charge in [0, 0.05) is 22.6 Å². The van der Waals surface area contributed by atoms with Crippen LogP contribution in [-0.2, 0) is 14.4 Å². The Morgan fingerprint density at radius 3 is 2.52 bits per heavy atom. The molecule has 2 saturated carbocycles. The Kier molecular flexibility index (Phi) is 4.74. The Bertz CT molecular complexity index is 1220. The number of thiazole rings is 1. The number of nitrogens with zero attached hydrogens (tertiary/aromatic N) is 1. The number of fused-ring (bicyclic) bond motifs is 9. The normalized spacial score (nSPS) is 33.7. The van der Waals surface area contributed by atoms with Gasteiger partial charge in [0.25, 0.3) is 0 Å². The standard InChI is InChI=1S/C23H22N2O6S2/c1-31-10-4-2-9(3-5-10)14-15-11-8-12(18(15)32-20-19(14)33-23(30)24-20)17-16(11)21(28)25(22(17)29)7-6-13(26)27/h2-5,11-12,14-18H,6-8H2,1H3,(H,24,30)(H,26,27)/t11-,12+,14+,15+,16+,17+,18-/m0/s1. The third-order valence-electron chi connectivity index (χ3n) is 7.84. The van der Waals surface area contributed by atoms with Gasteiger partial charge in [0.1, 0.15) is 5.75 Å². The molecule has 2 N–H and O–H groups in total. The molecular formula is C23H22N2O6S2. The number of nitrogens with one attached hydrogen (secondary N) is 1. The van der Waals surface area contributed by atoms with Crippen molar-refractivity contribution in [3.8, 4) is 5.75 Å². The maximum atomic E-state index is 13.3. The molecule has 2 amide bonds. The van der Waals surface area contributed by atoms with Gasteiger partial charge in [-0.25, -0.2) is 0 Å². The van der Waals surface area contributed by atoms with Crippen molar-refractivity contribution in [3.63, 3.8) is 0 Å². The number of rotatable bonds is 5. The highest BCUT2D eigenvalue weighted by atomic mass is 32.2. The largest absolute Gasteiger partial charge is 0.497 e. The molecule has 0 radical (unpaired) electrons. The number of carboxylic acids is 1. The topological polar surface area (TPSA) is 117 Å². The number of likely N-dealkylation sites (tertiary alicyclic amines) is 1.